The van der Waals surface area contributed by atoms with Crippen LogP contribution in [0.2, 0.25) is 0 Å². The molecule has 0 saturated carbocycles. The lowest BCUT2D eigenvalue weighted by Gasteiger charge is -2.17. The van der Waals surface area contributed by atoms with Crippen LogP contribution in [0.1, 0.15) is 23.9 Å². The highest BCUT2D eigenvalue weighted by atomic mass is 15.3. The van der Waals surface area contributed by atoms with Crippen molar-refractivity contribution >= 4 is 5.82 Å². The molecule has 6 heteroatoms. The third-order valence-corrected chi connectivity index (χ3v) is 3.41. The van der Waals surface area contributed by atoms with Gasteiger partial charge < -0.3 is 9.47 Å². The minimum Gasteiger partial charge on any atom is -0.356 e. The molecular weight excluding hydrogens is 228 g/mol. The summed E-state index contributed by atoms with van der Waals surface area (Å²) in [5.41, 5.74) is 1.00. The van der Waals surface area contributed by atoms with E-state index in [0.29, 0.717) is 5.92 Å². The van der Waals surface area contributed by atoms with Gasteiger partial charge in [0.1, 0.15) is 24.3 Å². The largest absolute Gasteiger partial charge is 0.356 e. The summed E-state index contributed by atoms with van der Waals surface area (Å²) < 4.78 is 2.00. The number of nitrogens with zero attached hydrogens (tertiary/aromatic N) is 6. The SMILES string of the molecule is Cc1cc(N2CC[C@H](c3nncn3C)C2)ncn1. The molecule has 0 unspecified atom stereocenters. The summed E-state index contributed by atoms with van der Waals surface area (Å²) in [6, 6.07) is 2.03. The lowest BCUT2D eigenvalue weighted by molar-refractivity contribution is 0.662. The fourth-order valence-corrected chi connectivity index (χ4v) is 2.45. The summed E-state index contributed by atoms with van der Waals surface area (Å²) in [7, 11) is 1.99. The molecule has 1 fully saturated rings. The second kappa shape index (κ2) is 4.36. The molecule has 1 atom stereocenters. The molecule has 2 aromatic rings. The number of aryl methyl sites for hydroxylation is 2. The summed E-state index contributed by atoms with van der Waals surface area (Å²) >= 11 is 0. The minimum atomic E-state index is 0.438. The van der Waals surface area contributed by atoms with Gasteiger partial charge in [-0.1, -0.05) is 0 Å². The molecule has 18 heavy (non-hydrogen) atoms. The van der Waals surface area contributed by atoms with Gasteiger partial charge in [0.15, 0.2) is 0 Å². The maximum absolute atomic E-state index is 4.33. The van der Waals surface area contributed by atoms with Crippen LogP contribution in [0, 0.1) is 6.92 Å². The zero-order valence-electron chi connectivity index (χ0n) is 10.6. The first-order valence-corrected chi connectivity index (χ1v) is 6.11. The number of hydrogen-bond donors (Lipinski definition) is 0. The molecule has 0 amide bonds. The van der Waals surface area contributed by atoms with E-state index in [2.05, 4.69) is 25.1 Å². The molecular formula is C12H16N6. The molecule has 0 bridgehead atoms. The Kier molecular flexibility index (Phi) is 2.70. The molecule has 1 saturated heterocycles. The van der Waals surface area contributed by atoms with E-state index in [1.165, 1.54) is 0 Å². The average Bonchev–Trinajstić information content (AvgIpc) is 2.97. The Morgan fingerprint density at radius 1 is 1.33 bits per heavy atom. The van der Waals surface area contributed by atoms with Gasteiger partial charge in [-0.3, -0.25) is 0 Å². The molecule has 0 aromatic carbocycles. The van der Waals surface area contributed by atoms with Crippen LogP contribution in [0.3, 0.4) is 0 Å². The highest BCUT2D eigenvalue weighted by Crippen LogP contribution is 2.28. The molecule has 6 nitrogen and oxygen atoms in total. The summed E-state index contributed by atoms with van der Waals surface area (Å²) in [5.74, 6) is 2.50. The van der Waals surface area contributed by atoms with Gasteiger partial charge >= 0.3 is 0 Å². The van der Waals surface area contributed by atoms with E-state index >= 15 is 0 Å². The first-order chi connectivity index (χ1) is 8.74. The highest BCUT2D eigenvalue weighted by Gasteiger charge is 2.27. The molecule has 1 aliphatic rings. The van der Waals surface area contributed by atoms with Crippen LogP contribution >= 0.6 is 0 Å². The molecule has 0 N–H and O–H groups in total. The van der Waals surface area contributed by atoms with Gasteiger partial charge in [-0.15, -0.1) is 10.2 Å². The molecule has 1 aliphatic heterocycles. The fourth-order valence-electron chi connectivity index (χ4n) is 2.45. The Balaban J connectivity index is 1.78. The van der Waals surface area contributed by atoms with Crippen molar-refractivity contribution in [1.29, 1.82) is 0 Å². The Bertz CT molecular complexity index is 549. The molecule has 3 rings (SSSR count). The zero-order chi connectivity index (χ0) is 12.5. The Hall–Kier alpha value is -1.98. The minimum absolute atomic E-state index is 0.438. The number of aromatic nitrogens is 5. The van der Waals surface area contributed by atoms with E-state index in [1.807, 2.05) is 24.6 Å². The lowest BCUT2D eigenvalue weighted by atomic mass is 10.1. The molecule has 3 heterocycles. The van der Waals surface area contributed by atoms with E-state index in [0.717, 1.165) is 36.8 Å². The van der Waals surface area contributed by atoms with Gasteiger partial charge in [-0.2, -0.15) is 0 Å². The Labute approximate surface area is 106 Å². The smallest absolute Gasteiger partial charge is 0.137 e. The Morgan fingerprint density at radius 3 is 2.94 bits per heavy atom. The van der Waals surface area contributed by atoms with Gasteiger partial charge in [0.05, 0.1) is 0 Å². The van der Waals surface area contributed by atoms with Gasteiger partial charge in [0, 0.05) is 37.8 Å². The molecule has 0 aliphatic carbocycles. The van der Waals surface area contributed by atoms with Gasteiger partial charge in [-0.25, -0.2) is 9.97 Å². The number of hydrogen-bond acceptors (Lipinski definition) is 5. The maximum Gasteiger partial charge on any atom is 0.137 e. The third kappa shape index (κ3) is 1.94. The van der Waals surface area contributed by atoms with E-state index in [9.17, 15) is 0 Å². The summed E-state index contributed by atoms with van der Waals surface area (Å²) in [6.45, 7) is 3.94. The van der Waals surface area contributed by atoms with Crippen LogP contribution in [-0.4, -0.2) is 37.8 Å². The predicted octanol–water partition coefficient (Wildman–Crippen LogP) is 0.907. The molecule has 0 radical (unpaired) electrons. The van der Waals surface area contributed by atoms with Crippen molar-refractivity contribution in [2.45, 2.75) is 19.3 Å². The number of rotatable bonds is 2. The van der Waals surface area contributed by atoms with Gasteiger partial charge in [0.2, 0.25) is 0 Å². The standard InChI is InChI=1S/C12H16N6/c1-9-5-11(14-7-13-9)18-4-3-10(6-18)12-16-15-8-17(12)2/h5,7-8,10H,3-4,6H2,1-2H3/t10-/m0/s1. The van der Waals surface area contributed by atoms with E-state index in [-0.39, 0.29) is 0 Å². The number of anilines is 1. The zero-order valence-corrected chi connectivity index (χ0v) is 10.6. The normalized spacial score (nSPS) is 19.4. The fraction of sp³-hybridized carbons (Fsp3) is 0.500. The topological polar surface area (TPSA) is 59.7 Å². The van der Waals surface area contributed by atoms with Crippen molar-refractivity contribution in [1.82, 2.24) is 24.7 Å². The predicted molar refractivity (Wildman–Crippen MR) is 67.3 cm³/mol. The lowest BCUT2D eigenvalue weighted by Crippen LogP contribution is -2.21. The van der Waals surface area contributed by atoms with Crippen molar-refractivity contribution in [3.63, 3.8) is 0 Å². The van der Waals surface area contributed by atoms with Crippen molar-refractivity contribution in [3.8, 4) is 0 Å². The first-order valence-electron chi connectivity index (χ1n) is 6.11. The van der Waals surface area contributed by atoms with Crippen LogP contribution in [0.5, 0.6) is 0 Å². The Morgan fingerprint density at radius 2 is 2.22 bits per heavy atom. The van der Waals surface area contributed by atoms with Crippen LogP contribution in [0.4, 0.5) is 5.82 Å². The highest BCUT2D eigenvalue weighted by molar-refractivity contribution is 5.40. The third-order valence-electron chi connectivity index (χ3n) is 3.41. The van der Waals surface area contributed by atoms with Crippen molar-refractivity contribution in [3.05, 3.63) is 30.2 Å². The average molecular weight is 244 g/mol. The van der Waals surface area contributed by atoms with Crippen LogP contribution in [0.25, 0.3) is 0 Å². The molecule has 94 valence electrons. The van der Waals surface area contributed by atoms with Gasteiger partial charge in [0.25, 0.3) is 0 Å². The van der Waals surface area contributed by atoms with E-state index in [1.54, 1.807) is 12.7 Å². The van der Waals surface area contributed by atoms with E-state index in [4.69, 9.17) is 0 Å². The summed E-state index contributed by atoms with van der Waals surface area (Å²) in [5, 5.41) is 8.14. The maximum atomic E-state index is 4.33. The van der Waals surface area contributed by atoms with Crippen molar-refractivity contribution in [2.75, 3.05) is 18.0 Å². The van der Waals surface area contributed by atoms with Crippen LogP contribution in [0.15, 0.2) is 18.7 Å². The quantitative estimate of drug-likeness (QED) is 0.785. The van der Waals surface area contributed by atoms with Gasteiger partial charge in [-0.05, 0) is 13.3 Å². The summed E-state index contributed by atoms with van der Waals surface area (Å²) in [4.78, 5) is 10.7. The van der Waals surface area contributed by atoms with Crippen molar-refractivity contribution in [2.24, 2.45) is 7.05 Å². The second-order valence-electron chi connectivity index (χ2n) is 4.75. The molecule has 0 spiro atoms. The molecule has 2 aromatic heterocycles. The van der Waals surface area contributed by atoms with E-state index < -0.39 is 0 Å². The summed E-state index contributed by atoms with van der Waals surface area (Å²) in [6.07, 6.45) is 4.47. The monoisotopic (exact) mass is 244 g/mol. The van der Waals surface area contributed by atoms with Crippen molar-refractivity contribution < 1.29 is 0 Å². The van der Waals surface area contributed by atoms with Crippen LogP contribution in [-0.2, 0) is 7.05 Å². The van der Waals surface area contributed by atoms with Crippen LogP contribution < -0.4 is 4.90 Å². The first kappa shape index (κ1) is 11.1. The second-order valence-corrected chi connectivity index (χ2v) is 4.75.